The molecule has 0 spiro atoms. The van der Waals surface area contributed by atoms with Gasteiger partial charge in [0, 0.05) is 22.7 Å². The predicted molar refractivity (Wildman–Crippen MR) is 114 cm³/mol. The Kier molecular flexibility index (Phi) is 4.82. The lowest BCUT2D eigenvalue weighted by atomic mass is 9.85. The highest BCUT2D eigenvalue weighted by molar-refractivity contribution is 6.30. The molecule has 1 heterocycles. The van der Waals surface area contributed by atoms with Gasteiger partial charge in [-0.05, 0) is 42.0 Å². The smallest absolute Gasteiger partial charge is 0.272 e. The van der Waals surface area contributed by atoms with Crippen LogP contribution in [-0.4, -0.2) is 32.7 Å². The minimum atomic E-state index is -0.661. The highest BCUT2D eigenvalue weighted by Crippen LogP contribution is 2.52. The van der Waals surface area contributed by atoms with E-state index in [4.69, 9.17) is 11.6 Å². The van der Waals surface area contributed by atoms with Crippen LogP contribution in [0.2, 0.25) is 5.02 Å². The average molecular weight is 452 g/mol. The molecule has 2 aromatic carbocycles. The second-order valence-corrected chi connectivity index (χ2v) is 8.72. The number of non-ortho nitro benzene ring substituents is 1. The van der Waals surface area contributed by atoms with E-state index in [0.29, 0.717) is 10.6 Å². The molecule has 2 fully saturated rings. The third-order valence-corrected chi connectivity index (χ3v) is 6.72. The van der Waals surface area contributed by atoms with Gasteiger partial charge in [-0.2, -0.15) is 5.01 Å². The van der Waals surface area contributed by atoms with Gasteiger partial charge in [0.05, 0.1) is 23.3 Å². The Bertz CT molecular complexity index is 1150. The molecule has 1 saturated heterocycles. The second kappa shape index (κ2) is 7.56. The molecule has 1 aliphatic heterocycles. The number of nitro benzene ring substituents is 1. The van der Waals surface area contributed by atoms with E-state index in [1.54, 1.807) is 24.3 Å². The monoisotopic (exact) mass is 451 g/mol. The number of allylic oxidation sites excluding steroid dienone is 2. The molecule has 2 bridgehead atoms. The fourth-order valence-electron chi connectivity index (χ4n) is 5.02. The minimum Gasteiger partial charge on any atom is -0.272 e. The van der Waals surface area contributed by atoms with Gasteiger partial charge < -0.3 is 0 Å². The summed E-state index contributed by atoms with van der Waals surface area (Å²) in [5, 5.41) is 13.8. The highest BCUT2D eigenvalue weighted by Gasteiger charge is 2.61. The normalized spacial score (nSPS) is 25.3. The zero-order valence-electron chi connectivity index (χ0n) is 16.8. The maximum Gasteiger partial charge on any atom is 0.273 e. The van der Waals surface area contributed by atoms with Gasteiger partial charge in [-0.1, -0.05) is 42.0 Å². The number of carbonyl (C=O) groups is 3. The zero-order valence-corrected chi connectivity index (χ0v) is 17.5. The number of hydrogen-bond donors (Lipinski definition) is 0. The van der Waals surface area contributed by atoms with Gasteiger partial charge in [-0.15, -0.1) is 0 Å². The topological polar surface area (TPSA) is 101 Å². The molecule has 0 aromatic heterocycles. The summed E-state index contributed by atoms with van der Waals surface area (Å²) in [6.07, 6.45) is 4.73. The van der Waals surface area contributed by atoms with E-state index in [1.807, 2.05) is 12.2 Å². The summed E-state index contributed by atoms with van der Waals surface area (Å²) >= 11 is 5.96. The first-order chi connectivity index (χ1) is 15.3. The Morgan fingerprint density at radius 2 is 1.69 bits per heavy atom. The summed E-state index contributed by atoms with van der Waals surface area (Å²) < 4.78 is 0. The van der Waals surface area contributed by atoms with Gasteiger partial charge in [-0.25, -0.2) is 5.01 Å². The van der Waals surface area contributed by atoms with Gasteiger partial charge in [0.15, 0.2) is 0 Å². The Balaban J connectivity index is 1.53. The lowest BCUT2D eigenvalue weighted by Gasteiger charge is -2.31. The molecule has 0 unspecified atom stereocenters. The molecule has 2 aliphatic carbocycles. The number of nitrogens with zero attached hydrogens (tertiary/aromatic N) is 3. The van der Waals surface area contributed by atoms with Crippen LogP contribution in [0.15, 0.2) is 60.7 Å². The number of imide groups is 1. The fourth-order valence-corrected chi connectivity index (χ4v) is 5.15. The van der Waals surface area contributed by atoms with E-state index in [2.05, 4.69) is 0 Å². The summed E-state index contributed by atoms with van der Waals surface area (Å²) in [6.45, 7) is -0.0572. The SMILES string of the molecule is O=C(c1cccc([N+](=O)[O-])c1)N(Cc1ccc(Cl)cc1)N1C(=O)[C@@H]2[C@H](C1=O)[C@H]1C=C[C@H]2C1. The number of benzene rings is 2. The maximum absolute atomic E-state index is 13.5. The predicted octanol–water partition coefficient (Wildman–Crippen LogP) is 3.61. The Labute approximate surface area is 188 Å². The van der Waals surface area contributed by atoms with Crippen LogP contribution in [0.25, 0.3) is 0 Å². The van der Waals surface area contributed by atoms with E-state index in [1.165, 1.54) is 18.2 Å². The molecule has 3 amide bonds. The zero-order chi connectivity index (χ0) is 22.6. The summed E-state index contributed by atoms with van der Waals surface area (Å²) in [4.78, 5) is 50.7. The van der Waals surface area contributed by atoms with E-state index < -0.39 is 34.5 Å². The summed E-state index contributed by atoms with van der Waals surface area (Å²) in [5.41, 5.74) is 0.430. The molecular weight excluding hydrogens is 434 g/mol. The van der Waals surface area contributed by atoms with Gasteiger partial charge >= 0.3 is 0 Å². The molecule has 0 N–H and O–H groups in total. The lowest BCUT2D eigenvalue weighted by molar-refractivity contribution is -0.384. The quantitative estimate of drug-likeness (QED) is 0.299. The van der Waals surface area contributed by atoms with E-state index in [9.17, 15) is 24.5 Å². The average Bonchev–Trinajstić information content (AvgIpc) is 3.47. The van der Waals surface area contributed by atoms with E-state index >= 15 is 0 Å². The number of hydrazine groups is 1. The molecular formula is C23H18ClN3O5. The molecule has 3 aliphatic rings. The number of nitro groups is 1. The van der Waals surface area contributed by atoms with Crippen molar-refractivity contribution in [1.29, 1.82) is 0 Å². The van der Waals surface area contributed by atoms with Crippen LogP contribution < -0.4 is 0 Å². The summed E-state index contributed by atoms with van der Waals surface area (Å²) in [5.74, 6) is -2.40. The first-order valence-electron chi connectivity index (χ1n) is 10.2. The molecule has 5 rings (SSSR count). The van der Waals surface area contributed by atoms with Crippen molar-refractivity contribution in [1.82, 2.24) is 10.0 Å². The van der Waals surface area contributed by atoms with Crippen molar-refractivity contribution in [3.05, 3.63) is 86.9 Å². The largest absolute Gasteiger partial charge is 0.273 e. The van der Waals surface area contributed by atoms with E-state index in [0.717, 1.165) is 22.5 Å². The fraction of sp³-hybridized carbons (Fsp3) is 0.261. The molecule has 162 valence electrons. The van der Waals surface area contributed by atoms with Crippen molar-refractivity contribution < 1.29 is 19.3 Å². The Hall–Kier alpha value is -3.52. The van der Waals surface area contributed by atoms with Crippen molar-refractivity contribution in [2.24, 2.45) is 23.7 Å². The lowest BCUT2D eigenvalue weighted by Crippen LogP contribution is -2.50. The van der Waals surface area contributed by atoms with Crippen LogP contribution in [0.3, 0.4) is 0 Å². The standard InChI is InChI=1S/C23H18ClN3O5/c24-17-8-4-13(5-9-17)12-25(21(28)16-2-1-3-18(11-16)27(31)32)26-22(29)19-14-6-7-15(10-14)20(19)23(26)30/h1-9,11,14-15,19-20H,10,12H2/t14-,15-,19-,20+/m0/s1. The number of carbonyl (C=O) groups excluding carboxylic acids is 3. The summed E-state index contributed by atoms with van der Waals surface area (Å²) in [6, 6.07) is 12.0. The first-order valence-corrected chi connectivity index (χ1v) is 10.6. The van der Waals surface area contributed by atoms with Crippen LogP contribution >= 0.6 is 11.6 Å². The van der Waals surface area contributed by atoms with Crippen LogP contribution in [0.5, 0.6) is 0 Å². The van der Waals surface area contributed by atoms with Crippen LogP contribution in [0.1, 0.15) is 22.3 Å². The molecule has 32 heavy (non-hydrogen) atoms. The van der Waals surface area contributed by atoms with Crippen LogP contribution in [0, 0.1) is 33.8 Å². The molecule has 0 radical (unpaired) electrons. The number of fused-ring (bicyclic) bond motifs is 5. The number of halogens is 1. The Morgan fingerprint density at radius 1 is 1.06 bits per heavy atom. The second-order valence-electron chi connectivity index (χ2n) is 8.28. The molecule has 2 aromatic rings. The third kappa shape index (κ3) is 3.18. The van der Waals surface area contributed by atoms with Crippen molar-refractivity contribution in [2.75, 3.05) is 0 Å². The van der Waals surface area contributed by atoms with Crippen LogP contribution in [0.4, 0.5) is 5.69 Å². The minimum absolute atomic E-state index is 0.00301. The van der Waals surface area contributed by atoms with Gasteiger partial charge in [0.1, 0.15) is 0 Å². The third-order valence-electron chi connectivity index (χ3n) is 6.47. The highest BCUT2D eigenvalue weighted by atomic mass is 35.5. The van der Waals surface area contributed by atoms with Crippen molar-refractivity contribution in [3.8, 4) is 0 Å². The van der Waals surface area contributed by atoms with Crippen LogP contribution in [-0.2, 0) is 16.1 Å². The summed E-state index contributed by atoms with van der Waals surface area (Å²) in [7, 11) is 0. The number of hydrogen-bond acceptors (Lipinski definition) is 5. The molecule has 8 nitrogen and oxygen atoms in total. The van der Waals surface area contributed by atoms with Crippen molar-refractivity contribution in [3.63, 3.8) is 0 Å². The molecule has 9 heteroatoms. The Morgan fingerprint density at radius 3 is 2.28 bits per heavy atom. The number of amides is 3. The first kappa shape index (κ1) is 20.4. The van der Waals surface area contributed by atoms with Crippen molar-refractivity contribution in [2.45, 2.75) is 13.0 Å². The molecule has 4 atom stereocenters. The van der Waals surface area contributed by atoms with Crippen molar-refractivity contribution >= 4 is 35.0 Å². The molecule has 1 saturated carbocycles. The van der Waals surface area contributed by atoms with Gasteiger partial charge in [0.2, 0.25) is 0 Å². The van der Waals surface area contributed by atoms with E-state index in [-0.39, 0.29) is 29.6 Å². The van der Waals surface area contributed by atoms with Gasteiger partial charge in [0.25, 0.3) is 23.4 Å². The van der Waals surface area contributed by atoms with Gasteiger partial charge in [-0.3, -0.25) is 24.5 Å². The number of rotatable bonds is 5. The maximum atomic E-state index is 13.5.